The summed E-state index contributed by atoms with van der Waals surface area (Å²) in [7, 11) is 2.95. The summed E-state index contributed by atoms with van der Waals surface area (Å²) in [6, 6.07) is 4.50. The molecule has 0 spiro atoms. The number of rotatable bonds is 6. The molecule has 4 rings (SSSR count). The van der Waals surface area contributed by atoms with Crippen LogP contribution in [0.2, 0.25) is 5.02 Å². The molecule has 10 nitrogen and oxygen atoms in total. The number of fused-ring (bicyclic) bond motifs is 1. The van der Waals surface area contributed by atoms with E-state index in [-0.39, 0.29) is 40.2 Å². The quantitative estimate of drug-likeness (QED) is 0.535. The first-order valence-electron chi connectivity index (χ1n) is 11.4. The predicted octanol–water partition coefficient (Wildman–Crippen LogP) is 0.921. The van der Waals surface area contributed by atoms with Crippen molar-refractivity contribution in [3.8, 4) is 0 Å². The fraction of sp³-hybridized carbons (Fsp3) is 0.478. The minimum atomic E-state index is -0.515. The highest BCUT2D eigenvalue weighted by Crippen LogP contribution is 2.26. The van der Waals surface area contributed by atoms with Gasteiger partial charge in [-0.2, -0.15) is 4.98 Å². The van der Waals surface area contributed by atoms with E-state index in [4.69, 9.17) is 11.6 Å². The zero-order chi connectivity index (χ0) is 25.4. The number of hydrogen-bond donors (Lipinski definition) is 1. The van der Waals surface area contributed by atoms with Crippen LogP contribution in [0.4, 0.5) is 10.3 Å². The Hall–Kier alpha value is -3.18. The highest BCUT2D eigenvalue weighted by molar-refractivity contribution is 6.31. The van der Waals surface area contributed by atoms with Crippen molar-refractivity contribution in [3.05, 3.63) is 55.4 Å². The lowest BCUT2D eigenvalue weighted by atomic mass is 10.2. The molecule has 1 aliphatic rings. The average molecular weight is 506 g/mol. The van der Waals surface area contributed by atoms with Gasteiger partial charge in [-0.3, -0.25) is 28.2 Å². The Bertz CT molecular complexity index is 1370. The van der Waals surface area contributed by atoms with E-state index in [1.54, 1.807) is 17.7 Å². The van der Waals surface area contributed by atoms with Crippen molar-refractivity contribution in [3.63, 3.8) is 0 Å². The Labute approximate surface area is 206 Å². The van der Waals surface area contributed by atoms with E-state index < -0.39 is 17.1 Å². The third kappa shape index (κ3) is 4.83. The maximum atomic E-state index is 14.7. The molecule has 3 aromatic rings. The molecule has 0 unspecified atom stereocenters. The first kappa shape index (κ1) is 24.9. The second-order valence-electron chi connectivity index (χ2n) is 9.06. The molecule has 35 heavy (non-hydrogen) atoms. The van der Waals surface area contributed by atoms with E-state index in [0.29, 0.717) is 38.7 Å². The highest BCUT2D eigenvalue weighted by atomic mass is 35.5. The number of aromatic nitrogens is 4. The van der Waals surface area contributed by atoms with Crippen LogP contribution in [-0.2, 0) is 25.4 Å². The van der Waals surface area contributed by atoms with Crippen molar-refractivity contribution in [1.82, 2.24) is 28.9 Å². The smallest absolute Gasteiger partial charge is 0.332 e. The summed E-state index contributed by atoms with van der Waals surface area (Å²) in [6.45, 7) is 6.39. The van der Waals surface area contributed by atoms with Gasteiger partial charge in [-0.25, -0.2) is 9.18 Å². The molecular formula is C23H29ClFN7O3. The van der Waals surface area contributed by atoms with Gasteiger partial charge < -0.3 is 10.2 Å². The summed E-state index contributed by atoms with van der Waals surface area (Å²) < 4.78 is 18.6. The molecule has 1 saturated heterocycles. The number of halogens is 2. The molecule has 1 aromatic carbocycles. The van der Waals surface area contributed by atoms with Crippen molar-refractivity contribution in [2.24, 2.45) is 14.1 Å². The molecule has 188 valence electrons. The summed E-state index contributed by atoms with van der Waals surface area (Å²) in [5.74, 6) is -0.0785. The molecule has 0 saturated carbocycles. The Morgan fingerprint density at radius 1 is 1.14 bits per heavy atom. The minimum absolute atomic E-state index is 0.0260. The normalized spacial score (nSPS) is 14.8. The molecule has 1 amide bonds. The lowest BCUT2D eigenvalue weighted by Crippen LogP contribution is -2.50. The molecule has 1 N–H and O–H groups in total. The molecule has 0 radical (unpaired) electrons. The SMILES string of the molecule is CC(C)NC(=O)CN1CCN(c2nc3c(c(=O)n(C)c(=O)n3C)n2Cc2c(F)cccc2Cl)CC1. The lowest BCUT2D eigenvalue weighted by Gasteiger charge is -2.35. The molecule has 3 heterocycles. The van der Waals surface area contributed by atoms with Crippen LogP contribution in [0.15, 0.2) is 27.8 Å². The van der Waals surface area contributed by atoms with Crippen LogP contribution in [0.3, 0.4) is 0 Å². The van der Waals surface area contributed by atoms with Crippen LogP contribution in [0.25, 0.3) is 11.2 Å². The summed E-state index contributed by atoms with van der Waals surface area (Å²) in [6.07, 6.45) is 0. The van der Waals surface area contributed by atoms with Gasteiger partial charge in [0, 0.05) is 56.9 Å². The largest absolute Gasteiger partial charge is 0.353 e. The molecule has 2 aromatic heterocycles. The van der Waals surface area contributed by atoms with Gasteiger partial charge >= 0.3 is 5.69 Å². The van der Waals surface area contributed by atoms with Gasteiger partial charge in [-0.05, 0) is 26.0 Å². The summed E-state index contributed by atoms with van der Waals surface area (Å²) in [5, 5.41) is 3.13. The van der Waals surface area contributed by atoms with E-state index in [2.05, 4.69) is 10.3 Å². The highest BCUT2D eigenvalue weighted by Gasteiger charge is 2.27. The number of nitrogens with one attached hydrogen (secondary N) is 1. The number of amides is 1. The van der Waals surface area contributed by atoms with Gasteiger partial charge in [0.25, 0.3) is 5.56 Å². The van der Waals surface area contributed by atoms with Gasteiger partial charge in [0.05, 0.1) is 13.1 Å². The number of aryl methyl sites for hydroxylation is 1. The molecule has 1 aliphatic heterocycles. The third-order valence-electron chi connectivity index (χ3n) is 6.18. The van der Waals surface area contributed by atoms with Crippen molar-refractivity contribution in [1.29, 1.82) is 0 Å². The molecule has 1 fully saturated rings. The second kappa shape index (κ2) is 9.82. The van der Waals surface area contributed by atoms with Crippen molar-refractivity contribution < 1.29 is 9.18 Å². The summed E-state index contributed by atoms with van der Waals surface area (Å²) in [4.78, 5) is 46.5. The second-order valence-corrected chi connectivity index (χ2v) is 9.47. The van der Waals surface area contributed by atoms with Crippen LogP contribution >= 0.6 is 11.6 Å². The monoisotopic (exact) mass is 505 g/mol. The predicted molar refractivity (Wildman–Crippen MR) is 133 cm³/mol. The Morgan fingerprint density at radius 2 is 1.83 bits per heavy atom. The van der Waals surface area contributed by atoms with Gasteiger partial charge in [-0.1, -0.05) is 17.7 Å². The van der Waals surface area contributed by atoms with Gasteiger partial charge in [-0.15, -0.1) is 0 Å². The lowest BCUT2D eigenvalue weighted by molar-refractivity contribution is -0.122. The van der Waals surface area contributed by atoms with Crippen LogP contribution in [0, 0.1) is 5.82 Å². The molecule has 0 atom stereocenters. The van der Waals surface area contributed by atoms with E-state index in [0.717, 1.165) is 4.57 Å². The van der Waals surface area contributed by atoms with Crippen molar-refractivity contribution >= 4 is 34.6 Å². The van der Waals surface area contributed by atoms with Crippen molar-refractivity contribution in [2.45, 2.75) is 26.4 Å². The summed E-state index contributed by atoms with van der Waals surface area (Å²) >= 11 is 6.30. The first-order valence-corrected chi connectivity index (χ1v) is 11.8. The number of hydrogen-bond acceptors (Lipinski definition) is 6. The third-order valence-corrected chi connectivity index (χ3v) is 6.53. The Balaban J connectivity index is 1.73. The fourth-order valence-corrected chi connectivity index (χ4v) is 4.57. The Morgan fingerprint density at radius 3 is 2.46 bits per heavy atom. The van der Waals surface area contributed by atoms with Gasteiger partial charge in [0.15, 0.2) is 11.2 Å². The minimum Gasteiger partial charge on any atom is -0.353 e. The van der Waals surface area contributed by atoms with Gasteiger partial charge in [0.2, 0.25) is 11.9 Å². The number of anilines is 1. The topological polar surface area (TPSA) is 97.4 Å². The number of piperazine rings is 1. The standard InChI is InChI=1S/C23H29ClFN7O3/c1-14(2)26-18(33)13-30-8-10-31(11-9-30)22-27-20-19(21(34)29(4)23(35)28(20)3)32(22)12-15-16(24)6-5-7-17(15)25/h5-7,14H,8-13H2,1-4H3,(H,26,33). The van der Waals surface area contributed by atoms with E-state index >= 15 is 0 Å². The van der Waals surface area contributed by atoms with Crippen LogP contribution in [0.5, 0.6) is 0 Å². The fourth-order valence-electron chi connectivity index (χ4n) is 4.34. The molecule has 12 heteroatoms. The maximum Gasteiger partial charge on any atom is 0.332 e. The van der Waals surface area contributed by atoms with Crippen LogP contribution < -0.4 is 21.5 Å². The van der Waals surface area contributed by atoms with Crippen LogP contribution in [0.1, 0.15) is 19.4 Å². The maximum absolute atomic E-state index is 14.7. The number of nitrogens with zero attached hydrogens (tertiary/aromatic N) is 6. The summed E-state index contributed by atoms with van der Waals surface area (Å²) in [5.41, 5.74) is -0.363. The first-order chi connectivity index (χ1) is 16.6. The number of imidazole rings is 1. The number of carbonyl (C=O) groups is 1. The van der Waals surface area contributed by atoms with Gasteiger partial charge in [0.1, 0.15) is 5.82 Å². The number of carbonyl (C=O) groups excluding carboxylic acids is 1. The van der Waals surface area contributed by atoms with Crippen molar-refractivity contribution in [2.75, 3.05) is 37.6 Å². The Kier molecular flexibility index (Phi) is 7.00. The van der Waals surface area contributed by atoms with Crippen LogP contribution in [-0.4, -0.2) is 68.3 Å². The van der Waals surface area contributed by atoms with E-state index in [9.17, 15) is 18.8 Å². The average Bonchev–Trinajstić information content (AvgIpc) is 3.18. The molecule has 0 aliphatic carbocycles. The van der Waals surface area contributed by atoms with E-state index in [1.807, 2.05) is 23.6 Å². The molecular weight excluding hydrogens is 477 g/mol. The van der Waals surface area contributed by atoms with E-state index in [1.165, 1.54) is 23.7 Å². The zero-order valence-electron chi connectivity index (χ0n) is 20.2. The number of benzene rings is 1. The zero-order valence-corrected chi connectivity index (χ0v) is 21.0. The molecule has 0 bridgehead atoms.